The Balaban J connectivity index is 2.75. The Morgan fingerprint density at radius 3 is 2.33 bits per heavy atom. The van der Waals surface area contributed by atoms with Gasteiger partial charge in [-0.3, -0.25) is 0 Å². The van der Waals surface area contributed by atoms with Crippen molar-refractivity contribution in [2.24, 2.45) is 5.92 Å². The zero-order chi connectivity index (χ0) is 4.99. The molecule has 1 unspecified atom stereocenters. The Labute approximate surface area is 40.6 Å². The van der Waals surface area contributed by atoms with Gasteiger partial charge in [0.15, 0.2) is 0 Å². The van der Waals surface area contributed by atoms with Gasteiger partial charge in [0, 0.05) is 0 Å². The average Bonchev–Trinajstić information content (AvgIpc) is 1.65. The maximum absolute atomic E-state index is 3.51. The highest BCUT2D eigenvalue weighted by Gasteiger charge is 1.89. The number of hydrogen-bond donors (Lipinski definition) is 0. The van der Waals surface area contributed by atoms with Gasteiger partial charge in [0.1, 0.15) is 0 Å². The van der Waals surface area contributed by atoms with E-state index in [0.29, 0.717) is 5.92 Å². The molecule has 0 nitrogen and oxygen atoms in total. The summed E-state index contributed by atoms with van der Waals surface area (Å²) < 4.78 is 0. The zero-order valence-electron chi connectivity index (χ0n) is 4.49. The van der Waals surface area contributed by atoms with Gasteiger partial charge in [-0.1, -0.05) is 20.3 Å². The molecular weight excluding hydrogens is 72.1 g/mol. The second-order valence-corrected chi connectivity index (χ2v) is 1.51. The van der Waals surface area contributed by atoms with Gasteiger partial charge < -0.3 is 0 Å². The first-order chi connectivity index (χ1) is 2.81. The molecular formula is C6H11. The van der Waals surface area contributed by atoms with Gasteiger partial charge in [-0.15, -0.1) is 0 Å². The van der Waals surface area contributed by atoms with Crippen LogP contribution in [-0.4, -0.2) is 0 Å². The molecule has 0 aromatic carbocycles. The predicted molar refractivity (Wildman–Crippen MR) is 28.1 cm³/mol. The van der Waals surface area contributed by atoms with Gasteiger partial charge in [0.25, 0.3) is 0 Å². The van der Waals surface area contributed by atoms with E-state index in [-0.39, 0.29) is 0 Å². The molecule has 0 rings (SSSR count). The highest BCUT2D eigenvalue weighted by Crippen LogP contribution is 2.01. The Morgan fingerprint density at radius 1 is 1.83 bits per heavy atom. The highest BCUT2D eigenvalue weighted by molar-refractivity contribution is 4.72. The van der Waals surface area contributed by atoms with E-state index in [9.17, 15) is 0 Å². The fraction of sp³-hybridized carbons (Fsp3) is 0.667. The van der Waals surface area contributed by atoms with Crippen LogP contribution in [0.3, 0.4) is 0 Å². The molecule has 0 heterocycles. The quantitative estimate of drug-likeness (QED) is 0.478. The molecule has 0 fully saturated rings. The Bertz CT molecular complexity index is 19.2. The Morgan fingerprint density at radius 2 is 2.33 bits per heavy atom. The van der Waals surface area contributed by atoms with Crippen LogP contribution in [0.2, 0.25) is 0 Å². The summed E-state index contributed by atoms with van der Waals surface area (Å²) in [4.78, 5) is 0. The molecule has 0 aromatic rings. The van der Waals surface area contributed by atoms with Crippen LogP contribution < -0.4 is 0 Å². The van der Waals surface area contributed by atoms with E-state index >= 15 is 0 Å². The van der Waals surface area contributed by atoms with Crippen LogP contribution in [0, 0.1) is 19.3 Å². The van der Waals surface area contributed by atoms with Crippen LogP contribution in [0.5, 0.6) is 0 Å². The highest BCUT2D eigenvalue weighted by atomic mass is 13.9. The fourth-order valence-corrected chi connectivity index (χ4v) is 0.144. The van der Waals surface area contributed by atoms with Gasteiger partial charge >= 0.3 is 0 Å². The monoisotopic (exact) mass is 83.1 g/mol. The molecule has 0 bridgehead atoms. The molecule has 6 heavy (non-hydrogen) atoms. The minimum absolute atomic E-state index is 0.574. The first-order valence-corrected chi connectivity index (χ1v) is 2.33. The van der Waals surface area contributed by atoms with Gasteiger partial charge in [-0.25, -0.2) is 0 Å². The molecule has 0 heteroatoms. The zero-order valence-corrected chi connectivity index (χ0v) is 4.49. The molecule has 3 radical (unpaired) electrons. The van der Waals surface area contributed by atoms with E-state index in [0.717, 1.165) is 6.42 Å². The third-order valence-corrected chi connectivity index (χ3v) is 0.961. The number of hydrogen-bond acceptors (Lipinski definition) is 0. The van der Waals surface area contributed by atoms with Crippen LogP contribution in [0.25, 0.3) is 0 Å². The van der Waals surface area contributed by atoms with Crippen LogP contribution >= 0.6 is 0 Å². The van der Waals surface area contributed by atoms with Crippen LogP contribution in [0.1, 0.15) is 20.3 Å². The molecule has 0 saturated carbocycles. The smallest absolute Gasteiger partial charge is 0.0142 e. The van der Waals surface area contributed by atoms with Crippen molar-refractivity contribution < 1.29 is 0 Å². The maximum atomic E-state index is 3.51. The summed E-state index contributed by atoms with van der Waals surface area (Å²) in [5.41, 5.74) is 0. The van der Waals surface area contributed by atoms with Crippen LogP contribution in [0.4, 0.5) is 0 Å². The second-order valence-electron chi connectivity index (χ2n) is 1.51. The third kappa shape index (κ3) is 2.25. The predicted octanol–water partition coefficient (Wildman–Crippen LogP) is 1.95. The second kappa shape index (κ2) is 3.20. The van der Waals surface area contributed by atoms with E-state index in [1.54, 1.807) is 0 Å². The molecule has 0 aliphatic carbocycles. The fourth-order valence-electron chi connectivity index (χ4n) is 0.144. The summed E-state index contributed by atoms with van der Waals surface area (Å²) >= 11 is 0. The third-order valence-electron chi connectivity index (χ3n) is 0.961. The minimum atomic E-state index is 0.574. The first kappa shape index (κ1) is 6.00. The molecule has 0 N–H and O–H groups in total. The van der Waals surface area contributed by atoms with Crippen LogP contribution in [-0.2, 0) is 0 Å². The molecule has 35 valence electrons. The lowest BCUT2D eigenvalue weighted by Gasteiger charge is -1.97. The summed E-state index contributed by atoms with van der Waals surface area (Å²) in [6.45, 7) is 7.74. The molecule has 0 saturated heterocycles. The standard InChI is InChI=1S/C6H11/c1-4-6(3)5-2/h6H,1,5H2,2-3H3. The Kier molecular flexibility index (Phi) is 3.20. The summed E-state index contributed by atoms with van der Waals surface area (Å²) in [7, 11) is 0. The SMILES string of the molecule is [CH2][C]C(C)CC. The molecule has 0 amide bonds. The minimum Gasteiger partial charge on any atom is -0.0651 e. The Hall–Kier alpha value is 0. The summed E-state index contributed by atoms with van der Waals surface area (Å²) in [5, 5.41) is 0. The van der Waals surface area contributed by atoms with Crippen molar-refractivity contribution in [2.75, 3.05) is 0 Å². The van der Waals surface area contributed by atoms with Crippen molar-refractivity contribution in [3.05, 3.63) is 13.3 Å². The van der Waals surface area contributed by atoms with Crippen molar-refractivity contribution in [1.29, 1.82) is 0 Å². The summed E-state index contributed by atoms with van der Waals surface area (Å²) in [6.07, 6.45) is 4.02. The van der Waals surface area contributed by atoms with Gasteiger partial charge in [-0.2, -0.15) is 0 Å². The van der Waals surface area contributed by atoms with E-state index in [2.05, 4.69) is 27.2 Å². The molecule has 0 aromatic heterocycles. The van der Waals surface area contributed by atoms with Crippen molar-refractivity contribution in [1.82, 2.24) is 0 Å². The largest absolute Gasteiger partial charge is 0.0651 e. The first-order valence-electron chi connectivity index (χ1n) is 2.33. The van der Waals surface area contributed by atoms with Gasteiger partial charge in [-0.05, 0) is 19.3 Å². The van der Waals surface area contributed by atoms with Gasteiger partial charge in [0.2, 0.25) is 0 Å². The van der Waals surface area contributed by atoms with E-state index in [1.165, 1.54) is 0 Å². The van der Waals surface area contributed by atoms with Crippen molar-refractivity contribution in [3.63, 3.8) is 0 Å². The van der Waals surface area contributed by atoms with Crippen molar-refractivity contribution in [2.45, 2.75) is 20.3 Å². The number of rotatable bonds is 2. The van der Waals surface area contributed by atoms with E-state index in [4.69, 9.17) is 0 Å². The summed E-state index contributed by atoms with van der Waals surface area (Å²) in [6, 6.07) is 0. The van der Waals surface area contributed by atoms with Gasteiger partial charge in [0.05, 0.1) is 0 Å². The van der Waals surface area contributed by atoms with Crippen molar-refractivity contribution in [3.8, 4) is 0 Å². The topological polar surface area (TPSA) is 0 Å². The lowest BCUT2D eigenvalue weighted by Crippen LogP contribution is -1.86. The molecule has 0 aliphatic rings. The maximum Gasteiger partial charge on any atom is -0.0142 e. The van der Waals surface area contributed by atoms with E-state index in [1.807, 2.05) is 0 Å². The van der Waals surface area contributed by atoms with Crippen LogP contribution in [0.15, 0.2) is 0 Å². The molecule has 0 aliphatic heterocycles. The van der Waals surface area contributed by atoms with E-state index < -0.39 is 0 Å². The lowest BCUT2D eigenvalue weighted by molar-refractivity contribution is 0.664. The normalized spacial score (nSPS) is 10.0. The molecule has 1 atom stereocenters. The van der Waals surface area contributed by atoms with Crippen molar-refractivity contribution >= 4 is 0 Å². The lowest BCUT2D eigenvalue weighted by atomic mass is 10.1. The summed E-state index contributed by atoms with van der Waals surface area (Å²) in [5.74, 6) is 0.574. The molecule has 0 spiro atoms. The average molecular weight is 83.2 g/mol.